The van der Waals surface area contributed by atoms with Gasteiger partial charge in [-0.25, -0.2) is 0 Å². The summed E-state index contributed by atoms with van der Waals surface area (Å²) in [6.07, 6.45) is 1.96. The monoisotopic (exact) mass is 301 g/mol. The van der Waals surface area contributed by atoms with Gasteiger partial charge in [0.05, 0.1) is 0 Å². The summed E-state index contributed by atoms with van der Waals surface area (Å²) in [5.74, 6) is -1.37. The molecular weight excluding hydrogens is 286 g/mol. The van der Waals surface area contributed by atoms with Crippen LogP contribution in [0.4, 0.5) is 5.69 Å². The zero-order valence-corrected chi connectivity index (χ0v) is 12.3. The Kier molecular flexibility index (Phi) is 5.00. The van der Waals surface area contributed by atoms with Gasteiger partial charge in [0.2, 0.25) is 0 Å². The zero-order chi connectivity index (χ0) is 15.2. The van der Waals surface area contributed by atoms with Crippen molar-refractivity contribution in [3.63, 3.8) is 0 Å². The number of carboxylic acids is 1. The van der Waals surface area contributed by atoms with Gasteiger partial charge in [-0.05, 0) is 42.7 Å². The normalized spacial score (nSPS) is 10.1. The molecule has 0 atom stereocenters. The van der Waals surface area contributed by atoms with Crippen molar-refractivity contribution in [1.82, 2.24) is 0 Å². The molecule has 108 valence electrons. The Morgan fingerprint density at radius 3 is 2.19 bits per heavy atom. The highest BCUT2D eigenvalue weighted by Gasteiger charge is 2.20. The maximum absolute atomic E-state index is 12.5. The van der Waals surface area contributed by atoms with Gasteiger partial charge in [-0.1, -0.05) is 18.2 Å². The molecule has 2 aromatic rings. The van der Waals surface area contributed by atoms with Crippen LogP contribution in [0.25, 0.3) is 0 Å². The van der Waals surface area contributed by atoms with E-state index in [2.05, 4.69) is 0 Å². The number of nitrogens with zero attached hydrogens (tertiary/aromatic N) is 1. The molecule has 0 spiro atoms. The minimum Gasteiger partial charge on any atom is -0.480 e. The minimum absolute atomic E-state index is 0.323. The Hall–Kier alpha value is -2.27. The van der Waals surface area contributed by atoms with Gasteiger partial charge in [0, 0.05) is 16.1 Å². The van der Waals surface area contributed by atoms with Gasteiger partial charge in [-0.3, -0.25) is 14.5 Å². The number of hydrogen-bond donors (Lipinski definition) is 1. The SMILES string of the molecule is CSc1ccc(C(=O)N(CC(=O)O)c2ccccc2)cc1. The van der Waals surface area contributed by atoms with E-state index in [1.54, 1.807) is 48.2 Å². The van der Waals surface area contributed by atoms with E-state index < -0.39 is 5.97 Å². The molecule has 0 aromatic heterocycles. The van der Waals surface area contributed by atoms with Crippen LogP contribution in [0.1, 0.15) is 10.4 Å². The lowest BCUT2D eigenvalue weighted by Gasteiger charge is -2.21. The molecule has 0 aliphatic carbocycles. The molecule has 0 unspecified atom stereocenters. The Morgan fingerprint density at radius 1 is 1.05 bits per heavy atom. The first-order chi connectivity index (χ1) is 10.1. The van der Waals surface area contributed by atoms with Crippen molar-refractivity contribution in [2.24, 2.45) is 0 Å². The number of benzene rings is 2. The van der Waals surface area contributed by atoms with Crippen LogP contribution in [0.15, 0.2) is 59.5 Å². The van der Waals surface area contributed by atoms with Gasteiger partial charge in [0.25, 0.3) is 5.91 Å². The van der Waals surface area contributed by atoms with Crippen molar-refractivity contribution in [3.8, 4) is 0 Å². The molecule has 2 rings (SSSR count). The summed E-state index contributed by atoms with van der Waals surface area (Å²) in [6.45, 7) is -0.368. The first kappa shape index (κ1) is 15.1. The van der Waals surface area contributed by atoms with Crippen LogP contribution in [0.2, 0.25) is 0 Å². The molecular formula is C16H15NO3S. The van der Waals surface area contributed by atoms with Crippen molar-refractivity contribution in [3.05, 3.63) is 60.2 Å². The number of hydrogen-bond acceptors (Lipinski definition) is 3. The smallest absolute Gasteiger partial charge is 0.323 e. The quantitative estimate of drug-likeness (QED) is 0.862. The van der Waals surface area contributed by atoms with Gasteiger partial charge >= 0.3 is 5.97 Å². The van der Waals surface area contributed by atoms with Crippen LogP contribution >= 0.6 is 11.8 Å². The van der Waals surface area contributed by atoms with E-state index in [1.165, 1.54) is 4.90 Å². The minimum atomic E-state index is -1.05. The third-order valence-electron chi connectivity index (χ3n) is 2.94. The van der Waals surface area contributed by atoms with Crippen LogP contribution in [-0.2, 0) is 4.79 Å². The summed E-state index contributed by atoms with van der Waals surface area (Å²) in [6, 6.07) is 15.9. The van der Waals surface area contributed by atoms with Crippen LogP contribution in [0, 0.1) is 0 Å². The second-order valence-corrected chi connectivity index (χ2v) is 5.23. The number of amides is 1. The maximum atomic E-state index is 12.5. The molecule has 0 aliphatic heterocycles. The van der Waals surface area contributed by atoms with Crippen LogP contribution in [0.5, 0.6) is 0 Å². The summed E-state index contributed by atoms with van der Waals surface area (Å²) < 4.78 is 0. The van der Waals surface area contributed by atoms with E-state index in [-0.39, 0.29) is 12.5 Å². The first-order valence-corrected chi connectivity index (χ1v) is 7.57. The lowest BCUT2D eigenvalue weighted by molar-refractivity contribution is -0.135. The van der Waals surface area contributed by atoms with Crippen molar-refractivity contribution < 1.29 is 14.7 Å². The highest BCUT2D eigenvalue weighted by molar-refractivity contribution is 7.98. The highest BCUT2D eigenvalue weighted by Crippen LogP contribution is 2.19. The predicted octanol–water partition coefficient (Wildman–Crippen LogP) is 3.14. The van der Waals surface area contributed by atoms with Gasteiger partial charge in [0.1, 0.15) is 6.54 Å². The first-order valence-electron chi connectivity index (χ1n) is 6.34. The molecule has 21 heavy (non-hydrogen) atoms. The highest BCUT2D eigenvalue weighted by atomic mass is 32.2. The third-order valence-corrected chi connectivity index (χ3v) is 3.69. The predicted molar refractivity (Wildman–Crippen MR) is 84.0 cm³/mol. The average molecular weight is 301 g/mol. The maximum Gasteiger partial charge on any atom is 0.323 e. The van der Waals surface area contributed by atoms with Crippen molar-refractivity contribution in [1.29, 1.82) is 0 Å². The van der Waals surface area contributed by atoms with Crippen LogP contribution in [-0.4, -0.2) is 29.8 Å². The average Bonchev–Trinajstić information content (AvgIpc) is 2.53. The lowest BCUT2D eigenvalue weighted by Crippen LogP contribution is -2.35. The fourth-order valence-corrected chi connectivity index (χ4v) is 2.32. The number of carboxylic acid groups (broad SMARTS) is 1. The van der Waals surface area contributed by atoms with Crippen molar-refractivity contribution in [2.75, 3.05) is 17.7 Å². The van der Waals surface area contributed by atoms with E-state index in [0.717, 1.165) is 4.90 Å². The lowest BCUT2D eigenvalue weighted by atomic mass is 10.2. The largest absolute Gasteiger partial charge is 0.480 e. The number of anilines is 1. The Morgan fingerprint density at radius 2 is 1.67 bits per heavy atom. The molecule has 0 aliphatic rings. The fraction of sp³-hybridized carbons (Fsp3) is 0.125. The van der Waals surface area contributed by atoms with Crippen molar-refractivity contribution in [2.45, 2.75) is 4.90 Å². The topological polar surface area (TPSA) is 57.6 Å². The molecule has 1 N–H and O–H groups in total. The Labute approximate surface area is 127 Å². The summed E-state index contributed by atoms with van der Waals surface area (Å²) in [4.78, 5) is 25.9. The molecule has 0 heterocycles. The summed E-state index contributed by atoms with van der Waals surface area (Å²) in [5, 5.41) is 9.03. The number of carbonyl (C=O) groups is 2. The third kappa shape index (κ3) is 3.86. The fourth-order valence-electron chi connectivity index (χ4n) is 1.91. The molecule has 0 radical (unpaired) electrons. The number of aliphatic carboxylic acids is 1. The Bertz CT molecular complexity index is 626. The molecule has 2 aromatic carbocycles. The second kappa shape index (κ2) is 6.95. The number of para-hydroxylation sites is 1. The Balaban J connectivity index is 2.31. The van der Waals surface area contributed by atoms with E-state index in [4.69, 9.17) is 5.11 Å². The van der Waals surface area contributed by atoms with Crippen molar-refractivity contribution >= 4 is 29.3 Å². The molecule has 1 amide bonds. The van der Waals surface area contributed by atoms with Gasteiger partial charge < -0.3 is 5.11 Å². The molecule has 0 bridgehead atoms. The standard InChI is InChI=1S/C16H15NO3S/c1-21-14-9-7-12(8-10-14)16(20)17(11-15(18)19)13-5-3-2-4-6-13/h2-10H,11H2,1H3,(H,18,19). The summed E-state index contributed by atoms with van der Waals surface area (Å²) >= 11 is 1.59. The number of carbonyl (C=O) groups excluding carboxylic acids is 1. The van der Waals surface area contributed by atoms with E-state index in [9.17, 15) is 9.59 Å². The van der Waals surface area contributed by atoms with E-state index in [1.807, 2.05) is 24.5 Å². The zero-order valence-electron chi connectivity index (χ0n) is 11.5. The van der Waals surface area contributed by atoms with Crippen LogP contribution < -0.4 is 4.90 Å². The summed E-state index contributed by atoms with van der Waals surface area (Å²) in [5.41, 5.74) is 1.04. The van der Waals surface area contributed by atoms with Crippen LogP contribution in [0.3, 0.4) is 0 Å². The van der Waals surface area contributed by atoms with Gasteiger partial charge in [-0.15, -0.1) is 11.8 Å². The number of rotatable bonds is 5. The molecule has 5 heteroatoms. The molecule has 0 fully saturated rings. The van der Waals surface area contributed by atoms with E-state index >= 15 is 0 Å². The second-order valence-electron chi connectivity index (χ2n) is 4.35. The van der Waals surface area contributed by atoms with E-state index in [0.29, 0.717) is 11.3 Å². The number of thioether (sulfide) groups is 1. The van der Waals surface area contributed by atoms with Gasteiger partial charge in [0.15, 0.2) is 0 Å². The van der Waals surface area contributed by atoms with Gasteiger partial charge in [-0.2, -0.15) is 0 Å². The molecule has 0 saturated heterocycles. The molecule has 0 saturated carbocycles. The molecule has 4 nitrogen and oxygen atoms in total. The summed E-state index contributed by atoms with van der Waals surface area (Å²) in [7, 11) is 0.